The van der Waals surface area contributed by atoms with E-state index in [1.165, 1.54) is 4.90 Å². The smallest absolute Gasteiger partial charge is 0.408 e. The number of benzene rings is 1. The zero-order valence-corrected chi connectivity index (χ0v) is 22.7. The minimum Gasteiger partial charge on any atom is -0.444 e. The van der Waals surface area contributed by atoms with E-state index in [0.29, 0.717) is 25.1 Å². The highest BCUT2D eigenvalue weighted by atomic mass is 16.6. The van der Waals surface area contributed by atoms with Crippen LogP contribution in [0.3, 0.4) is 0 Å². The predicted octanol–water partition coefficient (Wildman–Crippen LogP) is 3.74. The molecule has 2 atom stereocenters. The van der Waals surface area contributed by atoms with Crippen LogP contribution in [0, 0.1) is 6.92 Å². The van der Waals surface area contributed by atoms with Crippen LogP contribution in [-0.4, -0.2) is 53.4 Å². The Morgan fingerprint density at radius 2 is 1.75 bits per heavy atom. The van der Waals surface area contributed by atoms with Crippen molar-refractivity contribution in [1.82, 2.24) is 15.5 Å². The summed E-state index contributed by atoms with van der Waals surface area (Å²) in [6.45, 7) is 11.9. The summed E-state index contributed by atoms with van der Waals surface area (Å²) in [6.07, 6.45) is 2.30. The number of amides is 4. The molecule has 0 saturated carbocycles. The molecular formula is C27H44N4O5. The normalized spacial score (nSPS) is 12.8. The first-order valence-electron chi connectivity index (χ1n) is 12.8. The highest BCUT2D eigenvalue weighted by molar-refractivity contribution is 5.92. The Bertz CT molecular complexity index is 881. The Morgan fingerprint density at radius 3 is 2.31 bits per heavy atom. The molecule has 0 aliphatic rings. The van der Waals surface area contributed by atoms with Gasteiger partial charge in [-0.15, -0.1) is 0 Å². The first-order chi connectivity index (χ1) is 16.9. The van der Waals surface area contributed by atoms with E-state index in [9.17, 15) is 19.2 Å². The fraction of sp³-hybridized carbons (Fsp3) is 0.630. The number of nitrogens with zero attached hydrogens (tertiary/aromatic N) is 1. The fourth-order valence-electron chi connectivity index (χ4n) is 3.69. The number of alkyl carbamates (subject to hydrolysis) is 1. The molecule has 0 saturated heterocycles. The predicted molar refractivity (Wildman–Crippen MR) is 140 cm³/mol. The third-order valence-corrected chi connectivity index (χ3v) is 5.45. The maximum atomic E-state index is 13.9. The summed E-state index contributed by atoms with van der Waals surface area (Å²) >= 11 is 0. The van der Waals surface area contributed by atoms with E-state index < -0.39 is 35.6 Å². The number of unbranched alkanes of at least 4 members (excludes halogenated alkanes) is 2. The maximum Gasteiger partial charge on any atom is 0.408 e. The standard InChI is InChI=1S/C27H44N4O5/c1-7-9-16-29-24(33)23(20-13-11-12-19(3)18-20)31(17-10-8-2)25(34)21(14-15-22(28)32)30-26(35)36-27(4,5)6/h11-13,18,21,23H,7-10,14-17H2,1-6H3,(H2,28,32)(H,29,33)(H,30,35). The second kappa shape index (κ2) is 15.1. The Morgan fingerprint density at radius 1 is 1.08 bits per heavy atom. The van der Waals surface area contributed by atoms with Crippen LogP contribution < -0.4 is 16.4 Å². The van der Waals surface area contributed by atoms with Gasteiger partial charge in [0.25, 0.3) is 0 Å². The van der Waals surface area contributed by atoms with Gasteiger partial charge in [-0.05, 0) is 52.5 Å². The minimum atomic E-state index is -1.08. The number of carbonyl (C=O) groups excluding carboxylic acids is 4. The Hall–Kier alpha value is -3.10. The Balaban J connectivity index is 3.42. The molecule has 2 unspecified atom stereocenters. The molecule has 202 valence electrons. The van der Waals surface area contributed by atoms with Crippen LogP contribution in [0.4, 0.5) is 4.79 Å². The number of nitrogens with one attached hydrogen (secondary N) is 2. The summed E-state index contributed by atoms with van der Waals surface area (Å²) in [5.41, 5.74) is 6.21. The maximum absolute atomic E-state index is 13.9. The number of carbonyl (C=O) groups is 4. The van der Waals surface area contributed by atoms with Gasteiger partial charge < -0.3 is 26.0 Å². The number of hydrogen-bond acceptors (Lipinski definition) is 5. The van der Waals surface area contributed by atoms with Gasteiger partial charge in [-0.2, -0.15) is 0 Å². The van der Waals surface area contributed by atoms with Gasteiger partial charge in [0.05, 0.1) is 0 Å². The van der Waals surface area contributed by atoms with Crippen molar-refractivity contribution in [2.45, 2.75) is 97.8 Å². The molecule has 0 aromatic heterocycles. The number of hydrogen-bond donors (Lipinski definition) is 3. The molecule has 0 aliphatic heterocycles. The van der Waals surface area contributed by atoms with Crippen molar-refractivity contribution >= 4 is 23.8 Å². The summed E-state index contributed by atoms with van der Waals surface area (Å²) in [7, 11) is 0. The van der Waals surface area contributed by atoms with Crippen LogP contribution in [0.15, 0.2) is 24.3 Å². The zero-order valence-electron chi connectivity index (χ0n) is 22.7. The zero-order chi connectivity index (χ0) is 27.3. The van der Waals surface area contributed by atoms with E-state index in [0.717, 1.165) is 24.8 Å². The van der Waals surface area contributed by atoms with E-state index in [1.54, 1.807) is 20.8 Å². The quantitative estimate of drug-likeness (QED) is 0.332. The van der Waals surface area contributed by atoms with E-state index >= 15 is 0 Å². The van der Waals surface area contributed by atoms with Crippen molar-refractivity contribution in [2.75, 3.05) is 13.1 Å². The van der Waals surface area contributed by atoms with E-state index in [1.807, 2.05) is 45.0 Å². The molecule has 0 heterocycles. The first kappa shape index (κ1) is 30.9. The Labute approximate surface area is 215 Å². The third kappa shape index (κ3) is 11.1. The summed E-state index contributed by atoms with van der Waals surface area (Å²) in [4.78, 5) is 52.9. The van der Waals surface area contributed by atoms with Gasteiger partial charge in [0.1, 0.15) is 17.7 Å². The van der Waals surface area contributed by atoms with Crippen LogP contribution in [0.1, 0.15) is 90.3 Å². The van der Waals surface area contributed by atoms with Crippen molar-refractivity contribution in [2.24, 2.45) is 5.73 Å². The van der Waals surface area contributed by atoms with Gasteiger partial charge in [-0.3, -0.25) is 14.4 Å². The van der Waals surface area contributed by atoms with E-state index in [2.05, 4.69) is 10.6 Å². The topological polar surface area (TPSA) is 131 Å². The summed E-state index contributed by atoms with van der Waals surface area (Å²) in [5, 5.41) is 5.56. The first-order valence-corrected chi connectivity index (χ1v) is 12.8. The van der Waals surface area contributed by atoms with Crippen molar-refractivity contribution in [1.29, 1.82) is 0 Å². The lowest BCUT2D eigenvalue weighted by molar-refractivity contribution is -0.142. The molecule has 0 spiro atoms. The molecule has 0 aliphatic carbocycles. The molecule has 4 amide bonds. The van der Waals surface area contributed by atoms with E-state index in [4.69, 9.17) is 10.5 Å². The highest BCUT2D eigenvalue weighted by Gasteiger charge is 2.36. The second-order valence-corrected chi connectivity index (χ2v) is 10.1. The number of nitrogens with two attached hydrogens (primary N) is 1. The number of rotatable bonds is 14. The largest absolute Gasteiger partial charge is 0.444 e. The van der Waals surface area contributed by atoms with Crippen molar-refractivity contribution in [3.05, 3.63) is 35.4 Å². The van der Waals surface area contributed by atoms with E-state index in [-0.39, 0.29) is 18.7 Å². The van der Waals surface area contributed by atoms with Crippen LogP contribution >= 0.6 is 0 Å². The molecule has 36 heavy (non-hydrogen) atoms. The third-order valence-electron chi connectivity index (χ3n) is 5.45. The molecule has 1 aromatic rings. The van der Waals surface area contributed by atoms with Gasteiger partial charge >= 0.3 is 6.09 Å². The monoisotopic (exact) mass is 504 g/mol. The van der Waals surface area contributed by atoms with Gasteiger partial charge in [0.15, 0.2) is 0 Å². The van der Waals surface area contributed by atoms with Crippen molar-refractivity contribution < 1.29 is 23.9 Å². The van der Waals surface area contributed by atoms with Gasteiger partial charge in [0.2, 0.25) is 17.7 Å². The van der Waals surface area contributed by atoms with Crippen molar-refractivity contribution in [3.63, 3.8) is 0 Å². The lowest BCUT2D eigenvalue weighted by Gasteiger charge is -2.34. The summed E-state index contributed by atoms with van der Waals surface area (Å²) < 4.78 is 5.34. The summed E-state index contributed by atoms with van der Waals surface area (Å²) in [5.74, 6) is -1.34. The van der Waals surface area contributed by atoms with Gasteiger partial charge in [0, 0.05) is 19.5 Å². The SMILES string of the molecule is CCCCNC(=O)C(c1cccc(C)c1)N(CCCC)C(=O)C(CCC(N)=O)NC(=O)OC(C)(C)C. The molecule has 0 bridgehead atoms. The molecule has 1 aromatic carbocycles. The average Bonchev–Trinajstić information content (AvgIpc) is 2.77. The Kier molecular flexibility index (Phi) is 13.0. The van der Waals surface area contributed by atoms with Crippen molar-refractivity contribution in [3.8, 4) is 0 Å². The summed E-state index contributed by atoms with van der Waals surface area (Å²) in [6, 6.07) is 5.51. The average molecular weight is 505 g/mol. The van der Waals surface area contributed by atoms with Crippen LogP contribution in [-0.2, 0) is 19.1 Å². The lowest BCUT2D eigenvalue weighted by atomic mass is 9.99. The van der Waals surface area contributed by atoms with Crippen LogP contribution in [0.2, 0.25) is 0 Å². The van der Waals surface area contributed by atoms with Crippen LogP contribution in [0.5, 0.6) is 0 Å². The highest BCUT2D eigenvalue weighted by Crippen LogP contribution is 2.25. The molecule has 9 heteroatoms. The fourth-order valence-corrected chi connectivity index (χ4v) is 3.69. The minimum absolute atomic E-state index is 0.00593. The van der Waals surface area contributed by atoms with Crippen LogP contribution in [0.25, 0.3) is 0 Å². The molecule has 0 fully saturated rings. The van der Waals surface area contributed by atoms with Gasteiger partial charge in [-0.1, -0.05) is 56.5 Å². The lowest BCUT2D eigenvalue weighted by Crippen LogP contribution is -2.53. The number of aryl methyl sites for hydroxylation is 1. The molecule has 4 N–H and O–H groups in total. The van der Waals surface area contributed by atoms with Gasteiger partial charge in [-0.25, -0.2) is 4.79 Å². The number of primary amides is 1. The second-order valence-electron chi connectivity index (χ2n) is 10.1. The molecule has 1 rings (SSSR count). The molecular weight excluding hydrogens is 460 g/mol. The molecule has 9 nitrogen and oxygen atoms in total. The number of ether oxygens (including phenoxy) is 1. The molecule has 0 radical (unpaired) electrons.